The van der Waals surface area contributed by atoms with E-state index >= 15 is 0 Å². The highest BCUT2D eigenvalue weighted by atomic mass is 16.5. The maximum absolute atomic E-state index is 12.9. The average Bonchev–Trinajstić information content (AvgIpc) is 3.53. The maximum Gasteiger partial charge on any atom is 0.227 e. The van der Waals surface area contributed by atoms with Crippen LogP contribution >= 0.6 is 0 Å². The third kappa shape index (κ3) is 4.34. The van der Waals surface area contributed by atoms with Crippen molar-refractivity contribution in [1.29, 1.82) is 0 Å². The molecule has 2 aromatic carbocycles. The third-order valence-corrected chi connectivity index (χ3v) is 5.37. The van der Waals surface area contributed by atoms with Crippen molar-refractivity contribution in [3.63, 3.8) is 0 Å². The molecule has 2 N–H and O–H groups in total. The predicted molar refractivity (Wildman–Crippen MR) is 114 cm³/mol. The Bertz CT molecular complexity index is 986. The minimum Gasteiger partial charge on any atom is -0.497 e. The fraction of sp³-hybridized carbons (Fsp3) is 0.333. The van der Waals surface area contributed by atoms with Gasteiger partial charge in [-0.3, -0.25) is 9.59 Å². The van der Waals surface area contributed by atoms with Crippen molar-refractivity contribution in [1.82, 2.24) is 5.32 Å². The molecule has 5 heteroatoms. The van der Waals surface area contributed by atoms with E-state index in [0.717, 1.165) is 42.0 Å². The van der Waals surface area contributed by atoms with Gasteiger partial charge < -0.3 is 15.4 Å². The van der Waals surface area contributed by atoms with Gasteiger partial charge in [-0.25, -0.2) is 0 Å². The van der Waals surface area contributed by atoms with Crippen LogP contribution in [0.5, 0.6) is 5.75 Å². The van der Waals surface area contributed by atoms with E-state index in [-0.39, 0.29) is 23.1 Å². The van der Waals surface area contributed by atoms with Crippen LogP contribution in [0.15, 0.2) is 48.5 Å². The molecule has 1 heterocycles. The fourth-order valence-corrected chi connectivity index (χ4v) is 3.68. The van der Waals surface area contributed by atoms with E-state index in [1.807, 2.05) is 12.1 Å². The second kappa shape index (κ2) is 7.39. The van der Waals surface area contributed by atoms with Crippen LogP contribution in [0.2, 0.25) is 0 Å². The first kappa shape index (κ1) is 19.2. The zero-order valence-corrected chi connectivity index (χ0v) is 17.0. The largest absolute Gasteiger partial charge is 0.497 e. The summed E-state index contributed by atoms with van der Waals surface area (Å²) in [5.41, 5.74) is 4.13. The topological polar surface area (TPSA) is 67.4 Å². The minimum absolute atomic E-state index is 0.0605. The lowest BCUT2D eigenvalue weighted by molar-refractivity contribution is -0.117. The molecule has 150 valence electrons. The zero-order chi connectivity index (χ0) is 20.6. The summed E-state index contributed by atoms with van der Waals surface area (Å²) in [4.78, 5) is 24.8. The number of allylic oxidation sites excluding steroid dienone is 1. The number of hydrogen-bond donors (Lipinski definition) is 2. The lowest BCUT2D eigenvalue weighted by atomic mass is 9.85. The summed E-state index contributed by atoms with van der Waals surface area (Å²) in [5, 5.41) is 6.38. The van der Waals surface area contributed by atoms with Crippen molar-refractivity contribution in [3.05, 3.63) is 65.2 Å². The number of benzene rings is 2. The number of carbonyl (C=O) groups excluding carboxylic acids is 2. The first-order valence-corrected chi connectivity index (χ1v) is 9.97. The van der Waals surface area contributed by atoms with Gasteiger partial charge in [0.25, 0.3) is 0 Å². The molecule has 2 aliphatic rings. The van der Waals surface area contributed by atoms with E-state index < -0.39 is 0 Å². The molecule has 0 aromatic heterocycles. The van der Waals surface area contributed by atoms with Crippen LogP contribution in [0.1, 0.15) is 48.2 Å². The average molecular weight is 390 g/mol. The number of rotatable bonds is 5. The Labute approximate surface area is 171 Å². The highest BCUT2D eigenvalue weighted by Crippen LogP contribution is 2.33. The van der Waals surface area contributed by atoms with E-state index in [9.17, 15) is 9.59 Å². The van der Waals surface area contributed by atoms with Crippen molar-refractivity contribution in [2.24, 2.45) is 5.92 Å². The molecule has 0 atom stereocenters. The van der Waals surface area contributed by atoms with Gasteiger partial charge in [0.2, 0.25) is 5.91 Å². The molecule has 2 aromatic rings. The van der Waals surface area contributed by atoms with Gasteiger partial charge in [0.15, 0.2) is 5.78 Å². The first-order valence-electron chi connectivity index (χ1n) is 9.97. The fourth-order valence-electron chi connectivity index (χ4n) is 3.68. The van der Waals surface area contributed by atoms with Gasteiger partial charge in [-0.15, -0.1) is 0 Å². The Morgan fingerprint density at radius 1 is 1.14 bits per heavy atom. The zero-order valence-electron chi connectivity index (χ0n) is 17.0. The number of hydrogen-bond acceptors (Lipinski definition) is 4. The summed E-state index contributed by atoms with van der Waals surface area (Å²) >= 11 is 0. The van der Waals surface area contributed by atoms with Gasteiger partial charge in [-0.05, 0) is 75.1 Å². The van der Waals surface area contributed by atoms with Crippen molar-refractivity contribution in [2.75, 3.05) is 12.4 Å². The Morgan fingerprint density at radius 3 is 2.52 bits per heavy atom. The molecule has 29 heavy (non-hydrogen) atoms. The van der Waals surface area contributed by atoms with Gasteiger partial charge >= 0.3 is 0 Å². The molecule has 1 saturated carbocycles. The van der Waals surface area contributed by atoms with Crippen LogP contribution in [0, 0.1) is 5.92 Å². The maximum atomic E-state index is 12.9. The van der Waals surface area contributed by atoms with Gasteiger partial charge in [0, 0.05) is 40.0 Å². The first-order chi connectivity index (χ1) is 13.8. The van der Waals surface area contributed by atoms with Crippen molar-refractivity contribution < 1.29 is 14.3 Å². The SMILES string of the molecule is COc1ccc2c(c1)/C(=C/C(=O)c1ccc(NC(=O)C3CC3)cc1)NC(C)(C)C2. The number of nitrogens with one attached hydrogen (secondary N) is 2. The van der Waals surface area contributed by atoms with E-state index in [4.69, 9.17) is 4.74 Å². The monoisotopic (exact) mass is 390 g/mol. The summed E-state index contributed by atoms with van der Waals surface area (Å²) in [6.45, 7) is 4.24. The second-order valence-electron chi connectivity index (χ2n) is 8.47. The molecular weight excluding hydrogens is 364 g/mol. The smallest absolute Gasteiger partial charge is 0.227 e. The third-order valence-electron chi connectivity index (χ3n) is 5.37. The van der Waals surface area contributed by atoms with Crippen LogP contribution in [0.25, 0.3) is 5.70 Å². The van der Waals surface area contributed by atoms with E-state index in [0.29, 0.717) is 5.56 Å². The molecule has 5 nitrogen and oxygen atoms in total. The Hall–Kier alpha value is -3.08. The summed E-state index contributed by atoms with van der Waals surface area (Å²) < 4.78 is 5.36. The molecule has 1 aliphatic heterocycles. The molecular formula is C24H26N2O3. The number of ketones is 1. The molecule has 0 radical (unpaired) electrons. The minimum atomic E-state index is -0.148. The Morgan fingerprint density at radius 2 is 1.86 bits per heavy atom. The van der Waals surface area contributed by atoms with Crippen LogP contribution in [0.4, 0.5) is 5.69 Å². The number of amides is 1. The number of anilines is 1. The highest BCUT2D eigenvalue weighted by Gasteiger charge is 2.30. The molecule has 1 amide bonds. The van der Waals surface area contributed by atoms with Crippen LogP contribution in [-0.4, -0.2) is 24.3 Å². The molecule has 1 aliphatic carbocycles. The van der Waals surface area contributed by atoms with Gasteiger partial charge in [-0.1, -0.05) is 6.07 Å². The highest BCUT2D eigenvalue weighted by molar-refractivity contribution is 6.09. The summed E-state index contributed by atoms with van der Waals surface area (Å²) in [5.74, 6) is 0.891. The van der Waals surface area contributed by atoms with E-state index in [1.165, 1.54) is 5.56 Å². The molecule has 1 fully saturated rings. The molecule has 0 unspecified atom stereocenters. The van der Waals surface area contributed by atoms with E-state index in [1.54, 1.807) is 37.5 Å². The predicted octanol–water partition coefficient (Wildman–Crippen LogP) is 4.19. The number of methoxy groups -OCH3 is 1. The lowest BCUT2D eigenvalue weighted by Gasteiger charge is -2.35. The number of fused-ring (bicyclic) bond motifs is 1. The van der Waals surface area contributed by atoms with E-state index in [2.05, 4.69) is 30.5 Å². The molecule has 0 saturated heterocycles. The van der Waals surface area contributed by atoms with Crippen LogP contribution in [0.3, 0.4) is 0 Å². The Balaban J connectivity index is 1.58. The van der Waals surface area contributed by atoms with Gasteiger partial charge in [0.1, 0.15) is 5.75 Å². The molecule has 4 rings (SSSR count). The lowest BCUT2D eigenvalue weighted by Crippen LogP contribution is -2.43. The molecule has 0 bridgehead atoms. The normalized spacial score (nSPS) is 18.5. The molecule has 0 spiro atoms. The second-order valence-corrected chi connectivity index (χ2v) is 8.47. The van der Waals surface area contributed by atoms with Gasteiger partial charge in [-0.2, -0.15) is 0 Å². The summed E-state index contributed by atoms with van der Waals surface area (Å²) in [7, 11) is 1.64. The summed E-state index contributed by atoms with van der Waals surface area (Å²) in [6.07, 6.45) is 4.45. The quantitative estimate of drug-likeness (QED) is 0.593. The van der Waals surface area contributed by atoms with Crippen molar-refractivity contribution >= 4 is 23.1 Å². The Kier molecular flexibility index (Phi) is 4.91. The number of carbonyl (C=O) groups is 2. The standard InChI is InChI=1S/C24H26N2O3/c1-24(2)14-17-8-11-19(29-3)12-20(17)21(26-24)13-22(27)15-6-9-18(10-7-15)25-23(28)16-4-5-16/h6-13,16,26H,4-5,14H2,1-3H3,(H,25,28)/b21-13-. The van der Waals surface area contributed by atoms with Crippen molar-refractivity contribution in [3.8, 4) is 5.75 Å². The van der Waals surface area contributed by atoms with Crippen LogP contribution in [-0.2, 0) is 11.2 Å². The van der Waals surface area contributed by atoms with Crippen LogP contribution < -0.4 is 15.4 Å². The number of ether oxygens (including phenoxy) is 1. The van der Waals surface area contributed by atoms with Crippen molar-refractivity contribution in [2.45, 2.75) is 38.6 Å². The van der Waals surface area contributed by atoms with Gasteiger partial charge in [0.05, 0.1) is 7.11 Å². The summed E-state index contributed by atoms with van der Waals surface area (Å²) in [6, 6.07) is 13.0.